The van der Waals surface area contributed by atoms with E-state index in [0.717, 1.165) is 11.1 Å². The first-order valence-electron chi connectivity index (χ1n) is 7.60. The van der Waals surface area contributed by atoms with Crippen LogP contribution >= 0.6 is 11.6 Å². The number of benzene rings is 1. The molecule has 0 bridgehead atoms. The van der Waals surface area contributed by atoms with Crippen LogP contribution in [0.4, 0.5) is 5.69 Å². The molecule has 124 valence electrons. The number of carbonyl (C=O) groups excluding carboxylic acids is 1. The topological polar surface area (TPSA) is 64.7 Å². The first-order chi connectivity index (χ1) is 11.5. The van der Waals surface area contributed by atoms with E-state index >= 15 is 0 Å². The molecule has 0 aliphatic carbocycles. The molecule has 2 heterocycles. The lowest BCUT2D eigenvalue weighted by molar-refractivity contribution is -0.119. The molecule has 7 heteroatoms. The first-order valence-corrected chi connectivity index (χ1v) is 7.97. The summed E-state index contributed by atoms with van der Waals surface area (Å²) in [5, 5.41) is 12.0. The highest BCUT2D eigenvalue weighted by Crippen LogP contribution is 2.14. The number of rotatable bonds is 5. The standard InChI is InChI=1S/C17H18ClN5O/c1-12-7-20-23(9-12)13(2)17(24)21-16-8-19-22(11-16)10-14-3-5-15(18)6-4-14/h3-9,11,13H,10H2,1-2H3,(H,21,24). The average molecular weight is 344 g/mol. The quantitative estimate of drug-likeness (QED) is 0.773. The van der Waals surface area contributed by atoms with E-state index in [2.05, 4.69) is 15.5 Å². The van der Waals surface area contributed by atoms with Crippen LogP contribution in [0.15, 0.2) is 49.1 Å². The number of anilines is 1. The van der Waals surface area contributed by atoms with Gasteiger partial charge in [0, 0.05) is 17.4 Å². The van der Waals surface area contributed by atoms with Gasteiger partial charge in [0.05, 0.1) is 24.6 Å². The zero-order valence-electron chi connectivity index (χ0n) is 13.5. The molecular weight excluding hydrogens is 326 g/mol. The van der Waals surface area contributed by atoms with E-state index in [1.165, 1.54) is 0 Å². The summed E-state index contributed by atoms with van der Waals surface area (Å²) in [6, 6.07) is 7.20. The lowest BCUT2D eigenvalue weighted by Crippen LogP contribution is -2.23. The highest BCUT2D eigenvalue weighted by molar-refractivity contribution is 6.30. The van der Waals surface area contributed by atoms with Gasteiger partial charge in [0.2, 0.25) is 5.91 Å². The van der Waals surface area contributed by atoms with Gasteiger partial charge in [0.1, 0.15) is 6.04 Å². The summed E-state index contributed by atoms with van der Waals surface area (Å²) >= 11 is 5.88. The molecule has 24 heavy (non-hydrogen) atoms. The Labute approximate surface area is 145 Å². The summed E-state index contributed by atoms with van der Waals surface area (Å²) in [5.74, 6) is -0.135. The lowest BCUT2D eigenvalue weighted by Gasteiger charge is -2.11. The fraction of sp³-hybridized carbons (Fsp3) is 0.235. The second-order valence-electron chi connectivity index (χ2n) is 5.72. The molecule has 1 unspecified atom stereocenters. The number of nitrogens with zero attached hydrogens (tertiary/aromatic N) is 4. The predicted octanol–water partition coefficient (Wildman–Crippen LogP) is 3.29. The van der Waals surface area contributed by atoms with E-state index in [1.54, 1.807) is 34.9 Å². The van der Waals surface area contributed by atoms with Crippen molar-refractivity contribution < 1.29 is 4.79 Å². The van der Waals surface area contributed by atoms with E-state index in [1.807, 2.05) is 37.4 Å². The lowest BCUT2D eigenvalue weighted by atomic mass is 10.2. The molecule has 3 rings (SSSR count). The number of halogens is 1. The average Bonchev–Trinajstić information content (AvgIpc) is 3.18. The Bertz CT molecular complexity index is 837. The third-order valence-corrected chi connectivity index (χ3v) is 3.92. The Morgan fingerprint density at radius 2 is 1.96 bits per heavy atom. The molecule has 1 aromatic carbocycles. The smallest absolute Gasteiger partial charge is 0.249 e. The van der Waals surface area contributed by atoms with Crippen LogP contribution in [0, 0.1) is 6.92 Å². The number of carbonyl (C=O) groups is 1. The van der Waals surface area contributed by atoms with Crippen LogP contribution in [0.5, 0.6) is 0 Å². The Balaban J connectivity index is 1.63. The third-order valence-electron chi connectivity index (χ3n) is 3.67. The summed E-state index contributed by atoms with van der Waals surface area (Å²) in [6.45, 7) is 4.36. The fourth-order valence-electron chi connectivity index (χ4n) is 2.30. The summed E-state index contributed by atoms with van der Waals surface area (Å²) in [6.07, 6.45) is 7.00. The molecule has 0 aliphatic rings. The zero-order chi connectivity index (χ0) is 17.1. The predicted molar refractivity (Wildman–Crippen MR) is 93.1 cm³/mol. The van der Waals surface area contributed by atoms with Crippen molar-refractivity contribution in [1.29, 1.82) is 0 Å². The van der Waals surface area contributed by atoms with Crippen molar-refractivity contribution in [2.24, 2.45) is 0 Å². The largest absolute Gasteiger partial charge is 0.322 e. The first kappa shape index (κ1) is 16.3. The highest BCUT2D eigenvalue weighted by atomic mass is 35.5. The molecule has 0 spiro atoms. The number of aryl methyl sites for hydroxylation is 1. The Morgan fingerprint density at radius 3 is 2.62 bits per heavy atom. The van der Waals surface area contributed by atoms with Crippen LogP contribution in [-0.2, 0) is 11.3 Å². The summed E-state index contributed by atoms with van der Waals surface area (Å²) in [4.78, 5) is 12.3. The Kier molecular flexibility index (Phi) is 4.66. The fourth-order valence-corrected chi connectivity index (χ4v) is 2.43. The van der Waals surface area contributed by atoms with Crippen LogP contribution < -0.4 is 5.32 Å². The number of hydrogen-bond donors (Lipinski definition) is 1. The molecule has 1 atom stereocenters. The van der Waals surface area contributed by atoms with E-state index in [0.29, 0.717) is 17.3 Å². The molecule has 0 radical (unpaired) electrons. The van der Waals surface area contributed by atoms with E-state index in [9.17, 15) is 4.79 Å². The summed E-state index contributed by atoms with van der Waals surface area (Å²) < 4.78 is 3.41. The maximum atomic E-state index is 12.3. The molecule has 6 nitrogen and oxygen atoms in total. The number of amides is 1. The third kappa shape index (κ3) is 3.83. The zero-order valence-corrected chi connectivity index (χ0v) is 14.2. The van der Waals surface area contributed by atoms with Crippen molar-refractivity contribution in [2.45, 2.75) is 26.4 Å². The summed E-state index contributed by atoms with van der Waals surface area (Å²) in [5.41, 5.74) is 2.76. The van der Waals surface area contributed by atoms with Gasteiger partial charge in [-0.1, -0.05) is 23.7 Å². The second kappa shape index (κ2) is 6.88. The number of hydrogen-bond acceptors (Lipinski definition) is 3. The molecule has 0 aliphatic heterocycles. The maximum Gasteiger partial charge on any atom is 0.249 e. The van der Waals surface area contributed by atoms with Crippen LogP contribution in [0.2, 0.25) is 5.02 Å². The Morgan fingerprint density at radius 1 is 1.21 bits per heavy atom. The van der Waals surface area contributed by atoms with Gasteiger partial charge in [0.15, 0.2) is 0 Å². The van der Waals surface area contributed by atoms with Gasteiger partial charge >= 0.3 is 0 Å². The maximum absolute atomic E-state index is 12.3. The minimum absolute atomic E-state index is 0.135. The molecular formula is C17H18ClN5O. The monoisotopic (exact) mass is 343 g/mol. The van der Waals surface area contributed by atoms with E-state index in [4.69, 9.17) is 11.6 Å². The van der Waals surface area contributed by atoms with Crippen molar-refractivity contribution in [1.82, 2.24) is 19.6 Å². The van der Waals surface area contributed by atoms with E-state index in [-0.39, 0.29) is 5.91 Å². The van der Waals surface area contributed by atoms with Crippen molar-refractivity contribution in [3.63, 3.8) is 0 Å². The van der Waals surface area contributed by atoms with Gasteiger partial charge < -0.3 is 5.32 Å². The van der Waals surface area contributed by atoms with Crippen LogP contribution in [0.25, 0.3) is 0 Å². The van der Waals surface area contributed by atoms with Gasteiger partial charge in [-0.05, 0) is 37.1 Å². The van der Waals surface area contributed by atoms with Gasteiger partial charge in [-0.25, -0.2) is 0 Å². The molecule has 0 fully saturated rings. The normalized spacial score (nSPS) is 12.1. The number of aromatic nitrogens is 4. The Hall–Kier alpha value is -2.60. The van der Waals surface area contributed by atoms with Gasteiger partial charge in [-0.2, -0.15) is 10.2 Å². The minimum Gasteiger partial charge on any atom is -0.322 e. The van der Waals surface area contributed by atoms with Crippen LogP contribution in [0.1, 0.15) is 24.1 Å². The molecule has 1 amide bonds. The molecule has 0 saturated heterocycles. The second-order valence-corrected chi connectivity index (χ2v) is 6.15. The van der Waals surface area contributed by atoms with Crippen molar-refractivity contribution in [3.8, 4) is 0 Å². The van der Waals surface area contributed by atoms with E-state index < -0.39 is 6.04 Å². The minimum atomic E-state index is -0.390. The molecule has 0 saturated carbocycles. The van der Waals surface area contributed by atoms with Crippen molar-refractivity contribution >= 4 is 23.2 Å². The van der Waals surface area contributed by atoms with Crippen LogP contribution in [-0.4, -0.2) is 25.5 Å². The highest BCUT2D eigenvalue weighted by Gasteiger charge is 2.16. The molecule has 2 aromatic heterocycles. The van der Waals surface area contributed by atoms with Crippen LogP contribution in [0.3, 0.4) is 0 Å². The van der Waals surface area contributed by atoms with Crippen molar-refractivity contribution in [3.05, 3.63) is 65.2 Å². The van der Waals surface area contributed by atoms with Gasteiger partial charge in [-0.15, -0.1) is 0 Å². The summed E-state index contributed by atoms with van der Waals surface area (Å²) in [7, 11) is 0. The number of nitrogens with one attached hydrogen (secondary N) is 1. The molecule has 3 aromatic rings. The molecule has 1 N–H and O–H groups in total. The van der Waals surface area contributed by atoms with Crippen molar-refractivity contribution in [2.75, 3.05) is 5.32 Å². The SMILES string of the molecule is Cc1cnn(C(C)C(=O)Nc2cnn(Cc3ccc(Cl)cc3)c2)c1. The van der Waals surface area contributed by atoms with Gasteiger partial charge in [0.25, 0.3) is 0 Å². The van der Waals surface area contributed by atoms with Gasteiger partial charge in [-0.3, -0.25) is 14.2 Å².